The van der Waals surface area contributed by atoms with E-state index >= 15 is 0 Å². The molecule has 0 radical (unpaired) electrons. The van der Waals surface area contributed by atoms with Crippen molar-refractivity contribution in [3.05, 3.63) is 58.9 Å². The van der Waals surface area contributed by atoms with Crippen LogP contribution in [0.5, 0.6) is 0 Å². The molecule has 16 heavy (non-hydrogen) atoms. The van der Waals surface area contributed by atoms with Crippen LogP contribution in [0.1, 0.15) is 22.4 Å². The third kappa shape index (κ3) is 2.17. The molecule has 2 nitrogen and oxygen atoms in total. The number of aromatic nitrogens is 1. The van der Waals surface area contributed by atoms with Crippen LogP contribution in [0.2, 0.25) is 0 Å². The van der Waals surface area contributed by atoms with Gasteiger partial charge < -0.3 is 10.3 Å². The van der Waals surface area contributed by atoms with Gasteiger partial charge in [-0.05, 0) is 42.7 Å². The number of aryl methyl sites for hydroxylation is 2. The van der Waals surface area contributed by atoms with E-state index in [1.165, 1.54) is 22.4 Å². The fraction of sp³-hybridized carbons (Fsp3) is 0.286. The summed E-state index contributed by atoms with van der Waals surface area (Å²) in [6.45, 7) is 5.79. The summed E-state index contributed by atoms with van der Waals surface area (Å²) in [6, 6.07) is 10.7. The molecule has 0 aliphatic rings. The molecular formula is C14H18N2. The lowest BCUT2D eigenvalue weighted by Gasteiger charge is -2.09. The highest BCUT2D eigenvalue weighted by Gasteiger charge is 2.01. The monoisotopic (exact) mass is 214 g/mol. The maximum Gasteiger partial charge on any atom is 0.0473 e. The van der Waals surface area contributed by atoms with Gasteiger partial charge in [-0.1, -0.05) is 18.2 Å². The molecule has 2 heteroatoms. The van der Waals surface area contributed by atoms with Crippen molar-refractivity contribution >= 4 is 0 Å². The van der Waals surface area contributed by atoms with Crippen LogP contribution in [0.25, 0.3) is 0 Å². The van der Waals surface area contributed by atoms with Crippen molar-refractivity contribution in [2.75, 3.05) is 0 Å². The van der Waals surface area contributed by atoms with E-state index in [0.29, 0.717) is 6.54 Å². The molecule has 0 atom stereocenters. The predicted molar refractivity (Wildman–Crippen MR) is 67.3 cm³/mol. The van der Waals surface area contributed by atoms with Crippen LogP contribution in [0.15, 0.2) is 36.5 Å². The Hall–Kier alpha value is -1.54. The highest BCUT2D eigenvalue weighted by atomic mass is 15.0. The molecule has 1 aromatic heterocycles. The van der Waals surface area contributed by atoms with E-state index in [1.807, 2.05) is 6.07 Å². The van der Waals surface area contributed by atoms with Gasteiger partial charge in [-0.3, -0.25) is 0 Å². The van der Waals surface area contributed by atoms with Gasteiger partial charge in [-0.25, -0.2) is 0 Å². The topological polar surface area (TPSA) is 30.9 Å². The molecule has 2 rings (SSSR count). The Kier molecular flexibility index (Phi) is 3.11. The Labute approximate surface area is 96.7 Å². The quantitative estimate of drug-likeness (QED) is 0.836. The zero-order valence-electron chi connectivity index (χ0n) is 9.90. The predicted octanol–water partition coefficient (Wildman–Crippen LogP) is 2.61. The third-order valence-corrected chi connectivity index (χ3v) is 3.06. The fourth-order valence-electron chi connectivity index (χ4n) is 1.89. The number of nitrogens with zero attached hydrogens (tertiary/aromatic N) is 1. The molecule has 0 unspecified atom stereocenters. The first-order valence-electron chi connectivity index (χ1n) is 5.61. The SMILES string of the molecule is Cc1ccc(Cn2cccc2CN)cc1C. The average Bonchev–Trinajstić information content (AvgIpc) is 2.71. The first-order valence-corrected chi connectivity index (χ1v) is 5.61. The smallest absolute Gasteiger partial charge is 0.0473 e. The van der Waals surface area contributed by atoms with Gasteiger partial charge in [0, 0.05) is 25.0 Å². The van der Waals surface area contributed by atoms with E-state index in [-0.39, 0.29) is 0 Å². The maximum atomic E-state index is 5.68. The fourth-order valence-corrected chi connectivity index (χ4v) is 1.89. The molecule has 84 valence electrons. The Morgan fingerprint density at radius 2 is 1.94 bits per heavy atom. The maximum absolute atomic E-state index is 5.68. The van der Waals surface area contributed by atoms with Gasteiger partial charge in [-0.2, -0.15) is 0 Å². The van der Waals surface area contributed by atoms with Crippen molar-refractivity contribution in [1.29, 1.82) is 0 Å². The van der Waals surface area contributed by atoms with Crippen LogP contribution in [-0.4, -0.2) is 4.57 Å². The molecule has 0 aliphatic carbocycles. The summed E-state index contributed by atoms with van der Waals surface area (Å²) in [6.07, 6.45) is 2.08. The van der Waals surface area contributed by atoms with Gasteiger partial charge in [0.15, 0.2) is 0 Å². The molecule has 0 bridgehead atoms. The Balaban J connectivity index is 2.24. The largest absolute Gasteiger partial charge is 0.346 e. The number of nitrogens with two attached hydrogens (primary N) is 1. The zero-order chi connectivity index (χ0) is 11.5. The summed E-state index contributed by atoms with van der Waals surface area (Å²) in [4.78, 5) is 0. The van der Waals surface area contributed by atoms with Crippen LogP contribution in [0, 0.1) is 13.8 Å². The second kappa shape index (κ2) is 4.54. The number of benzene rings is 1. The van der Waals surface area contributed by atoms with E-state index in [4.69, 9.17) is 5.73 Å². The van der Waals surface area contributed by atoms with Crippen LogP contribution in [0.4, 0.5) is 0 Å². The van der Waals surface area contributed by atoms with Crippen LogP contribution in [-0.2, 0) is 13.1 Å². The van der Waals surface area contributed by atoms with Gasteiger partial charge in [0.2, 0.25) is 0 Å². The van der Waals surface area contributed by atoms with Crippen molar-refractivity contribution < 1.29 is 0 Å². The van der Waals surface area contributed by atoms with Crippen molar-refractivity contribution in [2.45, 2.75) is 26.9 Å². The summed E-state index contributed by atoms with van der Waals surface area (Å²) in [5.74, 6) is 0. The minimum Gasteiger partial charge on any atom is -0.346 e. The lowest BCUT2D eigenvalue weighted by Crippen LogP contribution is -2.07. The van der Waals surface area contributed by atoms with E-state index in [2.05, 4.69) is 48.9 Å². The summed E-state index contributed by atoms with van der Waals surface area (Å²) in [5, 5.41) is 0. The summed E-state index contributed by atoms with van der Waals surface area (Å²) in [5.41, 5.74) is 10.9. The molecule has 0 saturated heterocycles. The lowest BCUT2D eigenvalue weighted by molar-refractivity contribution is 0.743. The van der Waals surface area contributed by atoms with E-state index < -0.39 is 0 Å². The van der Waals surface area contributed by atoms with Crippen molar-refractivity contribution in [1.82, 2.24) is 4.57 Å². The molecule has 1 aromatic carbocycles. The van der Waals surface area contributed by atoms with Crippen molar-refractivity contribution in [2.24, 2.45) is 5.73 Å². The van der Waals surface area contributed by atoms with E-state index in [9.17, 15) is 0 Å². The highest BCUT2D eigenvalue weighted by molar-refractivity contribution is 5.30. The zero-order valence-corrected chi connectivity index (χ0v) is 9.90. The highest BCUT2D eigenvalue weighted by Crippen LogP contribution is 2.12. The van der Waals surface area contributed by atoms with Gasteiger partial charge in [0.05, 0.1) is 0 Å². The standard InChI is InChI=1S/C14H18N2/c1-11-5-6-13(8-12(11)2)10-16-7-3-4-14(16)9-15/h3-8H,9-10,15H2,1-2H3. The molecular weight excluding hydrogens is 196 g/mol. The first kappa shape index (κ1) is 11.0. The molecule has 0 spiro atoms. The van der Waals surface area contributed by atoms with Crippen LogP contribution in [0.3, 0.4) is 0 Å². The molecule has 1 heterocycles. The van der Waals surface area contributed by atoms with Crippen molar-refractivity contribution in [3.63, 3.8) is 0 Å². The first-order chi connectivity index (χ1) is 7.70. The summed E-state index contributed by atoms with van der Waals surface area (Å²) < 4.78 is 2.20. The molecule has 0 amide bonds. The minimum atomic E-state index is 0.595. The molecule has 2 N–H and O–H groups in total. The Morgan fingerprint density at radius 1 is 1.12 bits per heavy atom. The van der Waals surface area contributed by atoms with Crippen LogP contribution >= 0.6 is 0 Å². The second-order valence-corrected chi connectivity index (χ2v) is 4.25. The average molecular weight is 214 g/mol. The molecule has 0 aliphatic heterocycles. The molecule has 2 aromatic rings. The second-order valence-electron chi connectivity index (χ2n) is 4.25. The Bertz CT molecular complexity index is 483. The van der Waals surface area contributed by atoms with E-state index in [0.717, 1.165) is 6.54 Å². The number of rotatable bonds is 3. The van der Waals surface area contributed by atoms with Gasteiger partial charge in [-0.15, -0.1) is 0 Å². The number of hydrogen-bond donors (Lipinski definition) is 1. The van der Waals surface area contributed by atoms with Gasteiger partial charge >= 0.3 is 0 Å². The summed E-state index contributed by atoms with van der Waals surface area (Å²) >= 11 is 0. The van der Waals surface area contributed by atoms with Crippen LogP contribution < -0.4 is 5.73 Å². The summed E-state index contributed by atoms with van der Waals surface area (Å²) in [7, 11) is 0. The molecule has 0 fully saturated rings. The molecule has 0 saturated carbocycles. The van der Waals surface area contributed by atoms with Gasteiger partial charge in [0.1, 0.15) is 0 Å². The normalized spacial score (nSPS) is 10.7. The Morgan fingerprint density at radius 3 is 2.62 bits per heavy atom. The third-order valence-electron chi connectivity index (χ3n) is 3.06. The van der Waals surface area contributed by atoms with Crippen molar-refractivity contribution in [3.8, 4) is 0 Å². The van der Waals surface area contributed by atoms with Gasteiger partial charge in [0.25, 0.3) is 0 Å². The van der Waals surface area contributed by atoms with E-state index in [1.54, 1.807) is 0 Å². The minimum absolute atomic E-state index is 0.595. The number of hydrogen-bond acceptors (Lipinski definition) is 1. The lowest BCUT2D eigenvalue weighted by atomic mass is 10.1.